The van der Waals surface area contributed by atoms with Gasteiger partial charge >= 0.3 is 0 Å². The van der Waals surface area contributed by atoms with Crippen LogP contribution in [0.2, 0.25) is 0 Å². The number of rotatable bonds is 4. The molecule has 1 atom stereocenters. The van der Waals surface area contributed by atoms with Gasteiger partial charge in [0.25, 0.3) is 0 Å². The average molecular weight is 168 g/mol. The lowest BCUT2D eigenvalue weighted by Gasteiger charge is -2.17. The van der Waals surface area contributed by atoms with Crippen molar-refractivity contribution in [2.75, 3.05) is 6.61 Å². The normalized spacial score (nSPS) is 13.7. The SMILES string of the molecule is CC(C)C(CO)Cn1cccn1. The van der Waals surface area contributed by atoms with Gasteiger partial charge in [-0.1, -0.05) is 13.8 Å². The van der Waals surface area contributed by atoms with Crippen LogP contribution in [0.3, 0.4) is 0 Å². The zero-order valence-corrected chi connectivity index (χ0v) is 7.64. The summed E-state index contributed by atoms with van der Waals surface area (Å²) >= 11 is 0. The van der Waals surface area contributed by atoms with E-state index in [9.17, 15) is 0 Å². The Hall–Kier alpha value is -0.830. The number of hydrogen-bond acceptors (Lipinski definition) is 2. The molecular weight excluding hydrogens is 152 g/mol. The zero-order valence-electron chi connectivity index (χ0n) is 7.64. The third-order valence-electron chi connectivity index (χ3n) is 2.16. The molecule has 0 aliphatic carbocycles. The van der Waals surface area contributed by atoms with Gasteiger partial charge in [0.05, 0.1) is 0 Å². The molecule has 1 unspecified atom stereocenters. The molecule has 1 N–H and O–H groups in total. The fourth-order valence-electron chi connectivity index (χ4n) is 1.13. The van der Waals surface area contributed by atoms with Crippen LogP contribution in [-0.2, 0) is 6.54 Å². The lowest BCUT2D eigenvalue weighted by Crippen LogP contribution is -2.20. The summed E-state index contributed by atoms with van der Waals surface area (Å²) in [5, 5.41) is 13.1. The van der Waals surface area contributed by atoms with E-state index in [1.807, 2.05) is 16.9 Å². The second kappa shape index (κ2) is 4.26. The minimum Gasteiger partial charge on any atom is -0.396 e. The molecule has 0 aliphatic heterocycles. The minimum absolute atomic E-state index is 0.234. The Morgan fingerprint density at radius 1 is 1.50 bits per heavy atom. The summed E-state index contributed by atoms with van der Waals surface area (Å²) in [5.41, 5.74) is 0. The van der Waals surface area contributed by atoms with E-state index in [1.54, 1.807) is 6.20 Å². The number of aromatic nitrogens is 2. The molecule has 0 radical (unpaired) electrons. The number of aliphatic hydroxyl groups is 1. The Balaban J connectivity index is 2.48. The quantitative estimate of drug-likeness (QED) is 0.732. The maximum Gasteiger partial charge on any atom is 0.0489 e. The maximum absolute atomic E-state index is 9.05. The molecule has 0 saturated carbocycles. The van der Waals surface area contributed by atoms with Gasteiger partial charge in [-0.15, -0.1) is 0 Å². The van der Waals surface area contributed by atoms with E-state index >= 15 is 0 Å². The van der Waals surface area contributed by atoms with E-state index in [0.717, 1.165) is 6.54 Å². The average Bonchev–Trinajstić information content (AvgIpc) is 2.51. The lowest BCUT2D eigenvalue weighted by atomic mass is 9.97. The Kier molecular flexibility index (Phi) is 3.29. The predicted octanol–water partition coefficient (Wildman–Crippen LogP) is 1.15. The molecule has 0 fully saturated rings. The van der Waals surface area contributed by atoms with E-state index in [0.29, 0.717) is 11.8 Å². The largest absolute Gasteiger partial charge is 0.396 e. The molecule has 0 bridgehead atoms. The van der Waals surface area contributed by atoms with Crippen molar-refractivity contribution < 1.29 is 5.11 Å². The first-order valence-corrected chi connectivity index (χ1v) is 4.32. The van der Waals surface area contributed by atoms with Crippen LogP contribution in [0.25, 0.3) is 0 Å². The van der Waals surface area contributed by atoms with Gasteiger partial charge in [0, 0.05) is 31.5 Å². The van der Waals surface area contributed by atoms with Crippen LogP contribution < -0.4 is 0 Å². The molecule has 0 aliphatic rings. The van der Waals surface area contributed by atoms with E-state index in [2.05, 4.69) is 18.9 Å². The zero-order chi connectivity index (χ0) is 8.97. The van der Waals surface area contributed by atoms with Crippen LogP contribution in [0.1, 0.15) is 13.8 Å². The highest BCUT2D eigenvalue weighted by atomic mass is 16.3. The van der Waals surface area contributed by atoms with Crippen molar-refractivity contribution in [1.29, 1.82) is 0 Å². The van der Waals surface area contributed by atoms with E-state index in [1.165, 1.54) is 0 Å². The summed E-state index contributed by atoms with van der Waals surface area (Å²) < 4.78 is 1.86. The predicted molar refractivity (Wildman–Crippen MR) is 47.6 cm³/mol. The van der Waals surface area contributed by atoms with Gasteiger partial charge in [-0.05, 0) is 12.0 Å². The fraction of sp³-hybridized carbons (Fsp3) is 0.667. The summed E-state index contributed by atoms with van der Waals surface area (Å²) in [4.78, 5) is 0. The summed E-state index contributed by atoms with van der Waals surface area (Å²) in [6.07, 6.45) is 3.68. The first-order valence-electron chi connectivity index (χ1n) is 4.32. The van der Waals surface area contributed by atoms with Gasteiger partial charge in [-0.2, -0.15) is 5.10 Å². The van der Waals surface area contributed by atoms with E-state index in [4.69, 9.17) is 5.11 Å². The first kappa shape index (κ1) is 9.26. The smallest absolute Gasteiger partial charge is 0.0489 e. The monoisotopic (exact) mass is 168 g/mol. The van der Waals surface area contributed by atoms with Gasteiger partial charge in [-0.25, -0.2) is 0 Å². The van der Waals surface area contributed by atoms with Gasteiger partial charge in [0.15, 0.2) is 0 Å². The van der Waals surface area contributed by atoms with Crippen LogP contribution in [0.4, 0.5) is 0 Å². The van der Waals surface area contributed by atoms with Gasteiger partial charge in [0.2, 0.25) is 0 Å². The molecule has 1 heterocycles. The van der Waals surface area contributed by atoms with Crippen molar-refractivity contribution in [3.8, 4) is 0 Å². The summed E-state index contributed by atoms with van der Waals surface area (Å²) in [6, 6.07) is 1.90. The molecule has 0 spiro atoms. The van der Waals surface area contributed by atoms with Crippen molar-refractivity contribution in [1.82, 2.24) is 9.78 Å². The molecule has 1 aromatic rings. The molecule has 68 valence electrons. The summed E-state index contributed by atoms with van der Waals surface area (Å²) in [6.45, 7) is 5.27. The van der Waals surface area contributed by atoms with Crippen LogP contribution in [0.5, 0.6) is 0 Å². The fourth-order valence-corrected chi connectivity index (χ4v) is 1.13. The topological polar surface area (TPSA) is 38.0 Å². The second-order valence-corrected chi connectivity index (χ2v) is 3.41. The molecule has 1 rings (SSSR count). The molecule has 3 nitrogen and oxygen atoms in total. The van der Waals surface area contributed by atoms with Gasteiger partial charge in [-0.3, -0.25) is 4.68 Å². The molecular formula is C9H16N2O. The summed E-state index contributed by atoms with van der Waals surface area (Å²) in [7, 11) is 0. The third-order valence-corrected chi connectivity index (χ3v) is 2.16. The Bertz CT molecular complexity index is 206. The molecule has 1 aromatic heterocycles. The van der Waals surface area contributed by atoms with Crippen molar-refractivity contribution in [3.63, 3.8) is 0 Å². The van der Waals surface area contributed by atoms with Crippen molar-refractivity contribution in [2.24, 2.45) is 11.8 Å². The van der Waals surface area contributed by atoms with Crippen molar-refractivity contribution >= 4 is 0 Å². The molecule has 0 saturated heterocycles. The highest BCUT2D eigenvalue weighted by Gasteiger charge is 2.12. The van der Waals surface area contributed by atoms with Crippen LogP contribution >= 0.6 is 0 Å². The molecule has 12 heavy (non-hydrogen) atoms. The number of nitrogens with zero attached hydrogens (tertiary/aromatic N) is 2. The third kappa shape index (κ3) is 2.34. The Labute approximate surface area is 73.0 Å². The molecule has 3 heteroatoms. The maximum atomic E-state index is 9.05. The molecule has 0 amide bonds. The van der Waals surface area contributed by atoms with Crippen LogP contribution in [-0.4, -0.2) is 21.5 Å². The van der Waals surface area contributed by atoms with Gasteiger partial charge in [0.1, 0.15) is 0 Å². The Morgan fingerprint density at radius 2 is 2.25 bits per heavy atom. The number of hydrogen-bond donors (Lipinski definition) is 1. The Morgan fingerprint density at radius 3 is 2.67 bits per heavy atom. The highest BCUT2D eigenvalue weighted by molar-refractivity contribution is 4.78. The standard InChI is InChI=1S/C9H16N2O/c1-8(2)9(7-12)6-11-5-3-4-10-11/h3-5,8-9,12H,6-7H2,1-2H3. The molecule has 0 aromatic carbocycles. The van der Waals surface area contributed by atoms with Crippen LogP contribution in [0, 0.1) is 11.8 Å². The highest BCUT2D eigenvalue weighted by Crippen LogP contribution is 2.11. The van der Waals surface area contributed by atoms with Gasteiger partial charge < -0.3 is 5.11 Å². The second-order valence-electron chi connectivity index (χ2n) is 3.41. The van der Waals surface area contributed by atoms with Crippen molar-refractivity contribution in [3.05, 3.63) is 18.5 Å². The van der Waals surface area contributed by atoms with Crippen LogP contribution in [0.15, 0.2) is 18.5 Å². The lowest BCUT2D eigenvalue weighted by molar-refractivity contribution is 0.169. The minimum atomic E-state index is 0.234. The first-order chi connectivity index (χ1) is 5.74. The number of aliphatic hydroxyl groups excluding tert-OH is 1. The summed E-state index contributed by atoms with van der Waals surface area (Å²) in [5.74, 6) is 0.809. The van der Waals surface area contributed by atoms with E-state index < -0.39 is 0 Å². The van der Waals surface area contributed by atoms with E-state index in [-0.39, 0.29) is 6.61 Å². The van der Waals surface area contributed by atoms with Crippen molar-refractivity contribution in [2.45, 2.75) is 20.4 Å².